The van der Waals surface area contributed by atoms with Gasteiger partial charge in [-0.15, -0.1) is 0 Å². The lowest BCUT2D eigenvalue weighted by Crippen LogP contribution is -3.00. The van der Waals surface area contributed by atoms with Gasteiger partial charge in [0, 0.05) is 5.56 Å². The van der Waals surface area contributed by atoms with Crippen LogP contribution in [0.2, 0.25) is 0 Å². The third-order valence-electron chi connectivity index (χ3n) is 3.83. The van der Waals surface area contributed by atoms with E-state index in [9.17, 15) is 4.79 Å². The minimum atomic E-state index is 0. The molecule has 0 spiro atoms. The van der Waals surface area contributed by atoms with Crippen molar-refractivity contribution < 1.29 is 26.5 Å². The number of para-hydroxylation sites is 1. The van der Waals surface area contributed by atoms with Crippen LogP contribution in [0.1, 0.15) is 21.5 Å². The third kappa shape index (κ3) is 3.76. The van der Waals surface area contributed by atoms with E-state index in [0.717, 1.165) is 32.2 Å². The molecule has 6 heteroatoms. The number of hydrogen-bond acceptors (Lipinski definition) is 5. The molecule has 2 aromatic carbocycles. The molecule has 0 atom stereocenters. The van der Waals surface area contributed by atoms with Gasteiger partial charge in [-0.05, 0) is 43.2 Å². The summed E-state index contributed by atoms with van der Waals surface area (Å²) in [5, 5.41) is 3.84. The fourth-order valence-electron chi connectivity index (χ4n) is 2.34. The maximum atomic E-state index is 12.3. The Hall–Kier alpha value is -1.92. The molecule has 3 rings (SSSR count). The van der Waals surface area contributed by atoms with Crippen LogP contribution in [0.4, 0.5) is 5.13 Å². The molecule has 1 heterocycles. The first-order chi connectivity index (χ1) is 11.1. The first kappa shape index (κ1) is 18.4. The molecule has 0 aliphatic carbocycles. The Morgan fingerprint density at radius 3 is 2.71 bits per heavy atom. The largest absolute Gasteiger partial charge is 1.00 e. The number of anilines is 1. The molecule has 0 radical (unpaired) electrons. The van der Waals surface area contributed by atoms with Crippen LogP contribution in [0, 0.1) is 13.8 Å². The number of nitrogens with zero attached hydrogens (tertiary/aromatic N) is 1. The Kier molecular flexibility index (Phi) is 5.96. The summed E-state index contributed by atoms with van der Waals surface area (Å²) < 4.78 is 6.34. The fraction of sp³-hybridized carbons (Fsp3) is 0.222. The van der Waals surface area contributed by atoms with Crippen molar-refractivity contribution >= 4 is 32.5 Å². The lowest BCUT2D eigenvalue weighted by atomic mass is 10.0. The molecular formula is C18H18BrN2O2S-. The molecular weight excluding hydrogens is 388 g/mol. The average molecular weight is 406 g/mol. The summed E-state index contributed by atoms with van der Waals surface area (Å²) in [6.45, 7) is 4.28. The smallest absolute Gasteiger partial charge is 0.184 e. The van der Waals surface area contributed by atoms with Gasteiger partial charge in [0.25, 0.3) is 0 Å². The second kappa shape index (κ2) is 7.77. The van der Waals surface area contributed by atoms with Gasteiger partial charge < -0.3 is 27.0 Å². The van der Waals surface area contributed by atoms with Gasteiger partial charge in [-0.3, -0.25) is 4.79 Å². The number of aromatic nitrogens is 1. The van der Waals surface area contributed by atoms with Gasteiger partial charge in [0.15, 0.2) is 10.9 Å². The number of thiazole rings is 1. The summed E-state index contributed by atoms with van der Waals surface area (Å²) in [5.74, 6) is 0.798. The lowest BCUT2D eigenvalue weighted by Gasteiger charge is -2.05. The van der Waals surface area contributed by atoms with Gasteiger partial charge in [-0.25, -0.2) is 4.98 Å². The molecule has 4 nitrogen and oxygen atoms in total. The van der Waals surface area contributed by atoms with Gasteiger partial charge in [-0.2, -0.15) is 0 Å². The monoisotopic (exact) mass is 405 g/mol. The highest BCUT2D eigenvalue weighted by molar-refractivity contribution is 7.22. The first-order valence-corrected chi connectivity index (χ1v) is 8.18. The number of hydrogen-bond donors (Lipinski definition) is 1. The maximum Gasteiger partial charge on any atom is 0.184 e. The normalized spacial score (nSPS) is 10.3. The van der Waals surface area contributed by atoms with E-state index in [-0.39, 0.29) is 29.3 Å². The summed E-state index contributed by atoms with van der Waals surface area (Å²) in [7, 11) is 1.63. The second-order valence-electron chi connectivity index (χ2n) is 5.40. The van der Waals surface area contributed by atoms with Crippen molar-refractivity contribution in [1.29, 1.82) is 0 Å². The van der Waals surface area contributed by atoms with Crippen LogP contribution in [0.5, 0.6) is 5.75 Å². The highest BCUT2D eigenvalue weighted by Gasteiger charge is 2.11. The van der Waals surface area contributed by atoms with Crippen LogP contribution in [-0.4, -0.2) is 24.4 Å². The molecule has 3 aromatic rings. The molecule has 1 N–H and O–H groups in total. The Morgan fingerprint density at radius 2 is 2.00 bits per heavy atom. The quantitative estimate of drug-likeness (QED) is 0.648. The number of aryl methyl sites for hydroxylation is 2. The van der Waals surface area contributed by atoms with Crippen molar-refractivity contribution in [2.75, 3.05) is 19.0 Å². The van der Waals surface area contributed by atoms with E-state index in [1.165, 1.54) is 16.9 Å². The van der Waals surface area contributed by atoms with Crippen LogP contribution in [0.25, 0.3) is 10.2 Å². The van der Waals surface area contributed by atoms with Crippen molar-refractivity contribution in [2.45, 2.75) is 13.8 Å². The van der Waals surface area contributed by atoms with Crippen LogP contribution in [-0.2, 0) is 0 Å². The molecule has 0 saturated carbocycles. The number of halogens is 1. The number of ketones is 1. The van der Waals surface area contributed by atoms with E-state index < -0.39 is 0 Å². The lowest BCUT2D eigenvalue weighted by molar-refractivity contribution is -0.0000126. The summed E-state index contributed by atoms with van der Waals surface area (Å²) in [4.78, 5) is 16.8. The Morgan fingerprint density at radius 1 is 1.21 bits per heavy atom. The summed E-state index contributed by atoms with van der Waals surface area (Å²) in [6, 6.07) is 11.6. The van der Waals surface area contributed by atoms with E-state index in [0.29, 0.717) is 0 Å². The Labute approximate surface area is 155 Å². The van der Waals surface area contributed by atoms with Crippen LogP contribution >= 0.6 is 11.3 Å². The number of ether oxygens (including phenoxy) is 1. The molecule has 126 valence electrons. The standard InChI is InChI=1S/C18H18N2O2S.BrH/c1-11-7-8-13(9-12(11)2)14(21)10-19-18-20-17-15(22-3)5-4-6-16(17)23-18;/h4-9H,10H2,1-3H3,(H,19,20);1H/p-1. The van der Waals surface area contributed by atoms with E-state index >= 15 is 0 Å². The van der Waals surface area contributed by atoms with Gasteiger partial charge in [0.05, 0.1) is 18.4 Å². The van der Waals surface area contributed by atoms with Gasteiger partial charge in [0.1, 0.15) is 11.3 Å². The first-order valence-electron chi connectivity index (χ1n) is 7.36. The Bertz CT molecular complexity index is 877. The number of carbonyl (C=O) groups is 1. The van der Waals surface area contributed by atoms with Crippen molar-refractivity contribution in [1.82, 2.24) is 4.98 Å². The SMILES string of the molecule is COc1cccc2sc(NCC(=O)c3ccc(C)c(C)c3)nc12.[Br-]. The maximum absolute atomic E-state index is 12.3. The van der Waals surface area contributed by atoms with Crippen molar-refractivity contribution in [3.63, 3.8) is 0 Å². The predicted octanol–water partition coefficient (Wildman–Crippen LogP) is 1.22. The Balaban J connectivity index is 0.00000208. The highest BCUT2D eigenvalue weighted by Crippen LogP contribution is 2.31. The number of methoxy groups -OCH3 is 1. The van der Waals surface area contributed by atoms with Crippen molar-refractivity contribution in [2.24, 2.45) is 0 Å². The topological polar surface area (TPSA) is 51.2 Å². The summed E-state index contributed by atoms with van der Waals surface area (Å²) in [5.41, 5.74) is 3.86. The van der Waals surface area contributed by atoms with Crippen molar-refractivity contribution in [3.05, 3.63) is 53.1 Å². The zero-order valence-electron chi connectivity index (χ0n) is 13.7. The van der Waals surface area contributed by atoms with Crippen LogP contribution < -0.4 is 27.0 Å². The van der Waals surface area contributed by atoms with E-state index in [4.69, 9.17) is 4.74 Å². The number of rotatable bonds is 5. The summed E-state index contributed by atoms with van der Waals surface area (Å²) >= 11 is 1.52. The average Bonchev–Trinajstić information content (AvgIpc) is 2.98. The van der Waals surface area contributed by atoms with E-state index in [2.05, 4.69) is 10.3 Å². The number of carbonyl (C=O) groups excluding carboxylic acids is 1. The molecule has 0 bridgehead atoms. The highest BCUT2D eigenvalue weighted by atomic mass is 79.9. The number of Topliss-reactive ketones (excluding diaryl/α,β-unsaturated/α-hetero) is 1. The minimum Gasteiger partial charge on any atom is -1.00 e. The second-order valence-corrected chi connectivity index (χ2v) is 6.43. The fourth-order valence-corrected chi connectivity index (χ4v) is 3.22. The van der Waals surface area contributed by atoms with Gasteiger partial charge >= 0.3 is 0 Å². The molecule has 0 fully saturated rings. The third-order valence-corrected chi connectivity index (χ3v) is 4.81. The van der Waals surface area contributed by atoms with Gasteiger partial charge in [-0.1, -0.05) is 29.5 Å². The molecule has 0 saturated heterocycles. The zero-order chi connectivity index (χ0) is 16.4. The van der Waals surface area contributed by atoms with E-state index in [1.807, 2.05) is 50.2 Å². The molecule has 0 aliphatic heterocycles. The molecule has 0 aliphatic rings. The van der Waals surface area contributed by atoms with Crippen molar-refractivity contribution in [3.8, 4) is 5.75 Å². The summed E-state index contributed by atoms with van der Waals surface area (Å²) in [6.07, 6.45) is 0. The molecule has 0 unspecified atom stereocenters. The van der Waals surface area contributed by atoms with Crippen LogP contribution in [0.3, 0.4) is 0 Å². The number of fused-ring (bicyclic) bond motifs is 1. The van der Waals surface area contributed by atoms with E-state index in [1.54, 1.807) is 7.11 Å². The predicted molar refractivity (Wildman–Crippen MR) is 94.9 cm³/mol. The molecule has 0 amide bonds. The zero-order valence-corrected chi connectivity index (χ0v) is 16.1. The van der Waals surface area contributed by atoms with Gasteiger partial charge in [0.2, 0.25) is 0 Å². The minimum absolute atomic E-state index is 0. The molecule has 1 aromatic heterocycles. The number of nitrogens with one attached hydrogen (secondary N) is 1. The number of benzene rings is 2. The molecule has 24 heavy (non-hydrogen) atoms. The van der Waals surface area contributed by atoms with Crippen LogP contribution in [0.15, 0.2) is 36.4 Å².